The summed E-state index contributed by atoms with van der Waals surface area (Å²) in [6, 6.07) is 3.43. The Balaban J connectivity index is 3.53. The Bertz CT molecular complexity index is 146. The van der Waals surface area contributed by atoms with Crippen LogP contribution in [0.15, 0.2) is 0 Å². The van der Waals surface area contributed by atoms with Crippen LogP contribution >= 0.6 is 0 Å². The molecule has 0 saturated carbocycles. The first kappa shape index (κ1) is 18.7. The first-order chi connectivity index (χ1) is 8.72. The molecule has 0 bridgehead atoms. The number of hydrogen-bond donors (Lipinski definition) is 0. The summed E-state index contributed by atoms with van der Waals surface area (Å²) in [6.07, 6.45) is 15.0. The molecule has 0 saturated heterocycles. The van der Waals surface area contributed by atoms with E-state index in [1.165, 1.54) is 51.4 Å². The summed E-state index contributed by atoms with van der Waals surface area (Å²) in [7, 11) is 1.26. The zero-order chi connectivity index (χ0) is 13.6. The summed E-state index contributed by atoms with van der Waals surface area (Å²) in [6.45, 7) is 7.32. The van der Waals surface area contributed by atoms with E-state index in [1.54, 1.807) is 34.7 Å². The molecule has 110 valence electrons. The monoisotopic (exact) mass is 302 g/mol. The molecule has 0 N–H and O–H groups in total. The lowest BCUT2D eigenvalue weighted by Crippen LogP contribution is -2.33. The molecule has 0 aromatic carbocycles. The van der Waals surface area contributed by atoms with Gasteiger partial charge in [-0.3, -0.25) is 0 Å². The normalized spacial score (nSPS) is 13.3. The summed E-state index contributed by atoms with van der Waals surface area (Å²) in [5.74, 6) is 0. The zero-order valence-corrected chi connectivity index (χ0v) is 17.9. The van der Waals surface area contributed by atoms with E-state index in [9.17, 15) is 0 Å². The molecule has 0 spiro atoms. The third-order valence-corrected chi connectivity index (χ3v) is 24.6. The van der Waals surface area contributed by atoms with Crippen LogP contribution in [0.2, 0.25) is 18.6 Å². The van der Waals surface area contributed by atoms with Crippen LogP contribution < -0.4 is 0 Å². The molecular formula is C15H38Si3. The van der Waals surface area contributed by atoms with Crippen molar-refractivity contribution in [3.05, 3.63) is 0 Å². The maximum atomic E-state index is 2.68. The number of hydrogen-bond acceptors (Lipinski definition) is 0. The highest BCUT2D eigenvalue weighted by molar-refractivity contribution is 7.40. The third-order valence-electron chi connectivity index (χ3n) is 4.30. The van der Waals surface area contributed by atoms with Crippen molar-refractivity contribution >= 4 is 25.9 Å². The fraction of sp³-hybridized carbons (Fsp3) is 1.00. The molecule has 1 atom stereocenters. The molecule has 0 radical (unpaired) electrons. The molecule has 0 fully saturated rings. The molecule has 1 unspecified atom stereocenters. The van der Waals surface area contributed by atoms with Crippen molar-refractivity contribution in [1.82, 2.24) is 0 Å². The predicted molar refractivity (Wildman–Crippen MR) is 97.2 cm³/mol. The zero-order valence-electron chi connectivity index (χ0n) is 13.6. The highest BCUT2D eigenvalue weighted by Gasteiger charge is 2.14. The van der Waals surface area contributed by atoms with Gasteiger partial charge in [0.1, 0.15) is 0 Å². The molecule has 0 nitrogen and oxygen atoms in total. The van der Waals surface area contributed by atoms with E-state index in [0.717, 1.165) is 0 Å². The molecule has 0 aliphatic rings. The van der Waals surface area contributed by atoms with E-state index < -0.39 is 0 Å². The van der Waals surface area contributed by atoms with E-state index in [4.69, 9.17) is 0 Å². The molecule has 0 aliphatic carbocycles. The lowest BCUT2D eigenvalue weighted by molar-refractivity contribution is 0.647. The second-order valence-corrected chi connectivity index (χ2v) is 27.9. The van der Waals surface area contributed by atoms with Crippen LogP contribution in [0, 0.1) is 0 Å². The second-order valence-electron chi connectivity index (χ2n) is 6.41. The molecule has 0 aliphatic heterocycles. The van der Waals surface area contributed by atoms with Crippen molar-refractivity contribution in [2.24, 2.45) is 0 Å². The van der Waals surface area contributed by atoms with Gasteiger partial charge in [0.15, 0.2) is 0 Å². The van der Waals surface area contributed by atoms with Crippen molar-refractivity contribution in [2.75, 3.05) is 0 Å². The van der Waals surface area contributed by atoms with Gasteiger partial charge in [-0.05, 0) is 9.76 Å². The van der Waals surface area contributed by atoms with Gasteiger partial charge in [-0.2, -0.15) is 0 Å². The van der Waals surface area contributed by atoms with Crippen LogP contribution in [0.5, 0.6) is 0 Å². The van der Waals surface area contributed by atoms with Crippen LogP contribution in [-0.2, 0) is 0 Å². The standard InChI is InChI=1S/C15H38Si3/c1-4-6-8-10-12-14-18(17(3)16)15-13-11-9-7-5-2/h17-18H,4-15H2,1-3,16H3. The smallest absolute Gasteiger partial charge is 0.0242 e. The van der Waals surface area contributed by atoms with Crippen LogP contribution in [0.3, 0.4) is 0 Å². The van der Waals surface area contributed by atoms with E-state index in [2.05, 4.69) is 20.4 Å². The van der Waals surface area contributed by atoms with Crippen molar-refractivity contribution < 1.29 is 0 Å². The fourth-order valence-electron chi connectivity index (χ4n) is 2.83. The fourth-order valence-corrected chi connectivity index (χ4v) is 17.5. The lowest BCUT2D eigenvalue weighted by Gasteiger charge is -2.18. The van der Waals surface area contributed by atoms with E-state index in [-0.39, 0.29) is 16.1 Å². The summed E-state index contributed by atoms with van der Waals surface area (Å²) in [5, 5.41) is 0. The maximum Gasteiger partial charge on any atom is 0.0242 e. The van der Waals surface area contributed by atoms with Gasteiger partial charge in [-0.1, -0.05) is 96.7 Å². The molecule has 3 heteroatoms. The van der Waals surface area contributed by atoms with Crippen LogP contribution in [0.1, 0.15) is 78.1 Å². The molecule has 0 rings (SSSR count). The predicted octanol–water partition coefficient (Wildman–Crippen LogP) is 3.95. The van der Waals surface area contributed by atoms with Gasteiger partial charge in [-0.25, -0.2) is 0 Å². The Labute approximate surface area is 123 Å². The van der Waals surface area contributed by atoms with Crippen LogP contribution in [-0.4, -0.2) is 25.9 Å². The Hall–Kier alpha value is 0.651. The maximum absolute atomic E-state index is 2.68. The highest BCUT2D eigenvalue weighted by atomic mass is 29.6. The molecule has 0 aromatic heterocycles. The van der Waals surface area contributed by atoms with Crippen LogP contribution in [0.4, 0.5) is 0 Å². The number of unbranched alkanes of at least 4 members (excludes halogenated alkanes) is 8. The Kier molecular flexibility index (Phi) is 14.6. The molecular weight excluding hydrogens is 264 g/mol. The Morgan fingerprint density at radius 1 is 0.667 bits per heavy atom. The van der Waals surface area contributed by atoms with Gasteiger partial charge in [0.25, 0.3) is 0 Å². The van der Waals surface area contributed by atoms with E-state index in [0.29, 0.717) is 0 Å². The van der Waals surface area contributed by atoms with Gasteiger partial charge in [-0.15, -0.1) is 0 Å². The molecule has 0 aromatic rings. The summed E-state index contributed by atoms with van der Waals surface area (Å²) in [5.41, 5.74) is 0. The second kappa shape index (κ2) is 14.1. The summed E-state index contributed by atoms with van der Waals surface area (Å²) in [4.78, 5) is 0. The van der Waals surface area contributed by atoms with Gasteiger partial charge < -0.3 is 0 Å². The molecule has 0 amide bonds. The van der Waals surface area contributed by atoms with Crippen molar-refractivity contribution in [2.45, 2.75) is 96.7 Å². The van der Waals surface area contributed by atoms with Crippen molar-refractivity contribution in [3.63, 3.8) is 0 Å². The number of rotatable bonds is 13. The minimum atomic E-state index is -0.210. The van der Waals surface area contributed by atoms with E-state index >= 15 is 0 Å². The van der Waals surface area contributed by atoms with Gasteiger partial charge >= 0.3 is 0 Å². The van der Waals surface area contributed by atoms with Gasteiger partial charge in [0.05, 0.1) is 0 Å². The Morgan fingerprint density at radius 2 is 1.06 bits per heavy atom. The SMILES string of the molecule is CCCCCCC[SiH](CCCCCCC)[SiH](C)[SiH3]. The minimum absolute atomic E-state index is 0.125. The minimum Gasteiger partial charge on any atom is -0.0766 e. The highest BCUT2D eigenvalue weighted by Crippen LogP contribution is 2.15. The van der Waals surface area contributed by atoms with Crippen molar-refractivity contribution in [3.8, 4) is 0 Å². The Morgan fingerprint density at radius 3 is 1.39 bits per heavy atom. The first-order valence-electron chi connectivity index (χ1n) is 8.72. The van der Waals surface area contributed by atoms with Crippen LogP contribution in [0.25, 0.3) is 0 Å². The molecule has 18 heavy (non-hydrogen) atoms. The largest absolute Gasteiger partial charge is 0.0766 e. The average Bonchev–Trinajstić information content (AvgIpc) is 2.35. The third kappa shape index (κ3) is 11.7. The van der Waals surface area contributed by atoms with Crippen molar-refractivity contribution in [1.29, 1.82) is 0 Å². The summed E-state index contributed by atoms with van der Waals surface area (Å²) >= 11 is 0. The summed E-state index contributed by atoms with van der Waals surface area (Å²) < 4.78 is 0. The van der Waals surface area contributed by atoms with Gasteiger partial charge in [0, 0.05) is 16.1 Å². The first-order valence-corrected chi connectivity index (χ1v) is 18.8. The van der Waals surface area contributed by atoms with E-state index in [1.807, 2.05) is 0 Å². The molecule has 0 heterocycles. The topological polar surface area (TPSA) is 0 Å². The quantitative estimate of drug-likeness (QED) is 0.357. The lowest BCUT2D eigenvalue weighted by atomic mass is 10.2. The average molecular weight is 303 g/mol. The van der Waals surface area contributed by atoms with Gasteiger partial charge in [0.2, 0.25) is 0 Å².